The van der Waals surface area contributed by atoms with E-state index in [4.69, 9.17) is 9.31 Å². The van der Waals surface area contributed by atoms with Crippen LogP contribution in [0.25, 0.3) is 0 Å². The number of hydrogen-bond donors (Lipinski definition) is 0. The van der Waals surface area contributed by atoms with Crippen molar-refractivity contribution in [2.24, 2.45) is 0 Å². The summed E-state index contributed by atoms with van der Waals surface area (Å²) in [6.07, 6.45) is -9.41. The van der Waals surface area contributed by atoms with Gasteiger partial charge in [0.2, 0.25) is 0 Å². The largest absolute Gasteiger partial charge is 0.488 e. The monoisotopic (exact) mass is 310 g/mol. The third-order valence-corrected chi connectivity index (χ3v) is 1.71. The van der Waals surface area contributed by atoms with Crippen molar-refractivity contribution in [3.63, 3.8) is 0 Å². The van der Waals surface area contributed by atoms with Crippen molar-refractivity contribution >= 4 is 14.0 Å². The van der Waals surface area contributed by atoms with E-state index in [1.807, 2.05) is 0 Å². The summed E-state index contributed by atoms with van der Waals surface area (Å²) in [5.74, 6) is 0. The van der Waals surface area contributed by atoms with Crippen molar-refractivity contribution in [2.75, 3.05) is 26.4 Å². The molecule has 0 rings (SSSR count). The zero-order chi connectivity index (χ0) is 15.8. The molecule has 0 spiro atoms. The summed E-state index contributed by atoms with van der Waals surface area (Å²) in [6.45, 7) is -0.538. The molecule has 0 heterocycles. The normalized spacial score (nSPS) is 12.6. The number of alkyl halides is 6. The van der Waals surface area contributed by atoms with E-state index in [-0.39, 0.29) is 13.2 Å². The molecular formula is C8H14B2F6O4. The van der Waals surface area contributed by atoms with Crippen LogP contribution in [-0.2, 0) is 18.6 Å². The summed E-state index contributed by atoms with van der Waals surface area (Å²) in [5.41, 5.74) is 0. The molecule has 0 aliphatic heterocycles. The zero-order valence-corrected chi connectivity index (χ0v) is 10.9. The summed E-state index contributed by atoms with van der Waals surface area (Å²) < 4.78 is 90.5. The number of halogens is 6. The standard InChI is InChI=1S/C8H14B2F6O4/c1-3-17-9(18-4-2)10(19-5-7(11,12)13)20-6-8(14,15)16/h3-6H2,1-2H3. The molecule has 0 aromatic heterocycles. The van der Waals surface area contributed by atoms with Crippen LogP contribution >= 0.6 is 0 Å². The maximum absolute atomic E-state index is 12.0. The average Bonchev–Trinajstić information content (AvgIpc) is 2.26. The van der Waals surface area contributed by atoms with Gasteiger partial charge in [0.15, 0.2) is 0 Å². The highest BCUT2D eigenvalue weighted by molar-refractivity contribution is 7.10. The van der Waals surface area contributed by atoms with Crippen LogP contribution in [0.1, 0.15) is 13.8 Å². The molecule has 0 aliphatic carbocycles. The number of rotatable bonds is 9. The maximum Gasteiger partial charge on any atom is 0.488 e. The highest BCUT2D eigenvalue weighted by Crippen LogP contribution is 2.18. The van der Waals surface area contributed by atoms with E-state index in [1.54, 1.807) is 0 Å². The second kappa shape index (κ2) is 8.75. The summed E-state index contributed by atoms with van der Waals surface area (Å²) in [4.78, 5) is 0. The third kappa shape index (κ3) is 10.4. The smallest absolute Gasteiger partial charge is 0.414 e. The molecule has 0 aromatic carbocycles. The number of hydrogen-bond acceptors (Lipinski definition) is 4. The Labute approximate surface area is 113 Å². The summed E-state index contributed by atoms with van der Waals surface area (Å²) >= 11 is 0. The zero-order valence-electron chi connectivity index (χ0n) is 10.9. The van der Waals surface area contributed by atoms with Crippen LogP contribution in [0.2, 0.25) is 0 Å². The van der Waals surface area contributed by atoms with Gasteiger partial charge in [0.05, 0.1) is 0 Å². The molecular weight excluding hydrogens is 296 g/mol. The van der Waals surface area contributed by atoms with E-state index in [2.05, 4.69) is 9.31 Å². The van der Waals surface area contributed by atoms with Crippen LogP contribution in [0.15, 0.2) is 0 Å². The van der Waals surface area contributed by atoms with Gasteiger partial charge in [-0.3, -0.25) is 0 Å². The van der Waals surface area contributed by atoms with E-state index in [0.717, 1.165) is 0 Å². The Bertz CT molecular complexity index is 238. The first kappa shape index (κ1) is 19.5. The average molecular weight is 310 g/mol. The molecule has 0 fully saturated rings. The molecule has 0 saturated carbocycles. The fourth-order valence-electron chi connectivity index (χ4n) is 1.09. The topological polar surface area (TPSA) is 36.9 Å². The van der Waals surface area contributed by atoms with E-state index >= 15 is 0 Å². The van der Waals surface area contributed by atoms with Crippen LogP contribution in [0.4, 0.5) is 26.3 Å². The molecule has 0 amide bonds. The van der Waals surface area contributed by atoms with Gasteiger partial charge in [0.25, 0.3) is 0 Å². The highest BCUT2D eigenvalue weighted by atomic mass is 19.4. The second-order valence-electron chi connectivity index (χ2n) is 3.50. The van der Waals surface area contributed by atoms with Gasteiger partial charge in [-0.1, -0.05) is 0 Å². The van der Waals surface area contributed by atoms with Crippen molar-refractivity contribution < 1.29 is 45.0 Å². The first-order valence-corrected chi connectivity index (χ1v) is 5.69. The van der Waals surface area contributed by atoms with Gasteiger partial charge >= 0.3 is 26.4 Å². The van der Waals surface area contributed by atoms with Gasteiger partial charge in [0.1, 0.15) is 13.2 Å². The van der Waals surface area contributed by atoms with Crippen molar-refractivity contribution in [2.45, 2.75) is 26.2 Å². The minimum absolute atomic E-state index is 0.00588. The van der Waals surface area contributed by atoms with Crippen molar-refractivity contribution in [3.05, 3.63) is 0 Å². The van der Waals surface area contributed by atoms with Gasteiger partial charge in [-0.05, 0) is 13.8 Å². The van der Waals surface area contributed by atoms with Crippen LogP contribution < -0.4 is 0 Å². The summed E-state index contributed by atoms with van der Waals surface area (Å²) in [6, 6.07) is 0. The summed E-state index contributed by atoms with van der Waals surface area (Å²) in [5, 5.41) is 0. The molecule has 118 valence electrons. The Morgan fingerprint density at radius 3 is 1.20 bits per heavy atom. The molecule has 0 atom stereocenters. The summed E-state index contributed by atoms with van der Waals surface area (Å²) in [7, 11) is -3.41. The van der Waals surface area contributed by atoms with Gasteiger partial charge in [0, 0.05) is 13.2 Å². The van der Waals surface area contributed by atoms with Crippen LogP contribution in [-0.4, -0.2) is 52.8 Å². The fraction of sp³-hybridized carbons (Fsp3) is 1.00. The predicted molar refractivity (Wildman–Crippen MR) is 58.8 cm³/mol. The third-order valence-electron chi connectivity index (χ3n) is 1.71. The molecule has 0 saturated heterocycles. The fourth-order valence-corrected chi connectivity index (χ4v) is 1.09. The van der Waals surface area contributed by atoms with Gasteiger partial charge < -0.3 is 18.6 Å². The van der Waals surface area contributed by atoms with Crippen LogP contribution in [0.5, 0.6) is 0 Å². The molecule has 0 unspecified atom stereocenters. The predicted octanol–water partition coefficient (Wildman–Crippen LogP) is 2.27. The first-order chi connectivity index (χ1) is 9.09. The molecule has 20 heavy (non-hydrogen) atoms. The van der Waals surface area contributed by atoms with Gasteiger partial charge in [-0.25, -0.2) is 0 Å². The Morgan fingerprint density at radius 2 is 0.950 bits per heavy atom. The van der Waals surface area contributed by atoms with Crippen LogP contribution in [0.3, 0.4) is 0 Å². The van der Waals surface area contributed by atoms with E-state index in [9.17, 15) is 26.3 Å². The Kier molecular flexibility index (Phi) is 8.56. The van der Waals surface area contributed by atoms with E-state index < -0.39 is 39.6 Å². The lowest BCUT2D eigenvalue weighted by atomic mass is 9.48. The van der Waals surface area contributed by atoms with Crippen LogP contribution in [0, 0.1) is 0 Å². The molecule has 0 bridgehead atoms. The quantitative estimate of drug-likeness (QED) is 0.484. The molecule has 0 radical (unpaired) electrons. The minimum atomic E-state index is -4.71. The van der Waals surface area contributed by atoms with Gasteiger partial charge in [-0.15, -0.1) is 0 Å². The Balaban J connectivity index is 4.64. The van der Waals surface area contributed by atoms with Crippen molar-refractivity contribution in [1.82, 2.24) is 0 Å². The molecule has 12 heteroatoms. The highest BCUT2D eigenvalue weighted by Gasteiger charge is 2.44. The van der Waals surface area contributed by atoms with E-state index in [1.165, 1.54) is 13.8 Å². The lowest BCUT2D eigenvalue weighted by molar-refractivity contribution is -0.167. The lowest BCUT2D eigenvalue weighted by Gasteiger charge is -2.21. The molecule has 0 aliphatic rings. The molecule has 4 nitrogen and oxygen atoms in total. The van der Waals surface area contributed by atoms with Crippen molar-refractivity contribution in [1.29, 1.82) is 0 Å². The molecule has 0 N–H and O–H groups in total. The maximum atomic E-state index is 12.0. The Morgan fingerprint density at radius 1 is 0.650 bits per heavy atom. The SMILES string of the molecule is CCOB(OCC)B(OCC(F)(F)F)OCC(F)(F)F. The molecule has 0 aromatic rings. The first-order valence-electron chi connectivity index (χ1n) is 5.69. The Hall–Kier alpha value is -0.450. The lowest BCUT2D eigenvalue weighted by Crippen LogP contribution is -2.48. The van der Waals surface area contributed by atoms with Crippen molar-refractivity contribution in [3.8, 4) is 0 Å². The van der Waals surface area contributed by atoms with E-state index in [0.29, 0.717) is 0 Å². The second-order valence-corrected chi connectivity index (χ2v) is 3.50. The minimum Gasteiger partial charge on any atom is -0.414 e. The van der Waals surface area contributed by atoms with Gasteiger partial charge in [-0.2, -0.15) is 26.3 Å².